The van der Waals surface area contributed by atoms with E-state index in [0.29, 0.717) is 17.3 Å². The summed E-state index contributed by atoms with van der Waals surface area (Å²) in [6.45, 7) is 1.55. The fraction of sp³-hybridized carbons (Fsp3) is 0.500. The molecule has 21 heavy (non-hydrogen) atoms. The van der Waals surface area contributed by atoms with Crippen LogP contribution < -0.4 is 5.32 Å². The molecule has 1 aromatic carbocycles. The molecule has 114 valence electrons. The number of sulfone groups is 1. The maximum atomic E-state index is 14.1. The maximum Gasteiger partial charge on any atom is 0.242 e. The zero-order valence-corrected chi connectivity index (χ0v) is 13.9. The number of hydrogen-bond donors (Lipinski definition) is 1. The Bertz CT molecular complexity index is 730. The molecule has 2 fully saturated rings. The molecule has 2 aliphatic rings. The molecule has 1 aromatic rings. The molecule has 1 saturated heterocycles. The standard InChI is InChI=1S/C14H15BrFNO3S/c1-13(10-7-9(15)3-4-11(10)16)8-21(19,20)14(5-2-6-14)12(18)17-13/h3-4,7H,2,5-6,8H2,1H3,(H,17,18). The molecule has 1 unspecified atom stereocenters. The molecule has 1 atom stereocenters. The molecule has 0 bridgehead atoms. The summed E-state index contributed by atoms with van der Waals surface area (Å²) in [5.74, 6) is -1.30. The lowest BCUT2D eigenvalue weighted by Gasteiger charge is -2.48. The van der Waals surface area contributed by atoms with Crippen molar-refractivity contribution in [1.82, 2.24) is 5.32 Å². The lowest BCUT2D eigenvalue weighted by atomic mass is 9.81. The van der Waals surface area contributed by atoms with Crippen LogP contribution in [0.4, 0.5) is 4.39 Å². The maximum absolute atomic E-state index is 14.1. The third-order valence-corrected chi connectivity index (χ3v) is 7.80. The lowest BCUT2D eigenvalue weighted by Crippen LogP contribution is -2.68. The van der Waals surface area contributed by atoms with Gasteiger partial charge in [-0.1, -0.05) is 15.9 Å². The highest BCUT2D eigenvalue weighted by Gasteiger charge is 2.61. The van der Waals surface area contributed by atoms with Crippen molar-refractivity contribution >= 4 is 31.7 Å². The van der Waals surface area contributed by atoms with Crippen LogP contribution in [-0.2, 0) is 20.2 Å². The van der Waals surface area contributed by atoms with Gasteiger partial charge in [0.2, 0.25) is 5.91 Å². The molecule has 0 aromatic heterocycles. The quantitative estimate of drug-likeness (QED) is 0.818. The molecule has 1 saturated carbocycles. The molecule has 1 amide bonds. The smallest absolute Gasteiger partial charge is 0.242 e. The number of nitrogens with one attached hydrogen (secondary N) is 1. The summed E-state index contributed by atoms with van der Waals surface area (Å²) in [6.07, 6.45) is 1.45. The molecular formula is C14H15BrFNO3S. The SMILES string of the molecule is CC1(c2cc(Br)ccc2F)CS(=O)(=O)C2(CCC2)C(=O)N1. The Morgan fingerprint density at radius 2 is 2.00 bits per heavy atom. The molecule has 7 heteroatoms. The van der Waals surface area contributed by atoms with Crippen LogP contribution in [0, 0.1) is 5.82 Å². The molecule has 1 aliphatic heterocycles. The van der Waals surface area contributed by atoms with Crippen molar-refractivity contribution in [3.05, 3.63) is 34.1 Å². The minimum atomic E-state index is -3.61. The van der Waals surface area contributed by atoms with E-state index >= 15 is 0 Å². The second kappa shape index (κ2) is 4.52. The van der Waals surface area contributed by atoms with Gasteiger partial charge in [-0.05, 0) is 44.4 Å². The fourth-order valence-electron chi connectivity index (χ4n) is 3.16. The number of benzene rings is 1. The van der Waals surface area contributed by atoms with Gasteiger partial charge in [-0.25, -0.2) is 12.8 Å². The van der Waals surface area contributed by atoms with Gasteiger partial charge in [-0.2, -0.15) is 0 Å². The van der Waals surface area contributed by atoms with Gasteiger partial charge in [0.1, 0.15) is 5.82 Å². The Kier molecular flexibility index (Phi) is 3.22. The number of carbonyl (C=O) groups is 1. The predicted octanol–water partition coefficient (Wildman–Crippen LogP) is 2.27. The predicted molar refractivity (Wildman–Crippen MR) is 80.0 cm³/mol. The summed E-state index contributed by atoms with van der Waals surface area (Å²) in [4.78, 5) is 12.4. The second-order valence-corrected chi connectivity index (χ2v) is 9.23. The first-order chi connectivity index (χ1) is 9.70. The number of carbonyl (C=O) groups excluding carboxylic acids is 1. The van der Waals surface area contributed by atoms with Gasteiger partial charge in [-0.3, -0.25) is 4.79 Å². The number of amides is 1. The normalized spacial score (nSPS) is 29.8. The molecule has 1 N–H and O–H groups in total. The van der Waals surface area contributed by atoms with E-state index in [1.54, 1.807) is 6.92 Å². The highest BCUT2D eigenvalue weighted by atomic mass is 79.9. The van der Waals surface area contributed by atoms with E-state index in [1.165, 1.54) is 18.2 Å². The second-order valence-electron chi connectivity index (χ2n) is 6.02. The Labute approximate surface area is 131 Å². The molecular weight excluding hydrogens is 361 g/mol. The average molecular weight is 376 g/mol. The number of halogens is 2. The zero-order valence-electron chi connectivity index (χ0n) is 11.4. The van der Waals surface area contributed by atoms with Crippen LogP contribution in [0.1, 0.15) is 31.7 Å². The monoisotopic (exact) mass is 375 g/mol. The van der Waals surface area contributed by atoms with Crippen LogP contribution in [0.15, 0.2) is 22.7 Å². The van der Waals surface area contributed by atoms with E-state index in [0.717, 1.165) is 6.42 Å². The van der Waals surface area contributed by atoms with Crippen molar-refractivity contribution in [3.63, 3.8) is 0 Å². The van der Waals surface area contributed by atoms with Crippen LogP contribution in [0.3, 0.4) is 0 Å². The molecule has 0 radical (unpaired) electrons. The van der Waals surface area contributed by atoms with Crippen molar-refractivity contribution in [1.29, 1.82) is 0 Å². The molecule has 1 heterocycles. The zero-order chi connectivity index (χ0) is 15.5. The van der Waals surface area contributed by atoms with Crippen LogP contribution >= 0.6 is 15.9 Å². The van der Waals surface area contributed by atoms with Gasteiger partial charge < -0.3 is 5.32 Å². The Balaban J connectivity index is 2.08. The summed E-state index contributed by atoms with van der Waals surface area (Å²) in [5, 5.41) is 2.75. The van der Waals surface area contributed by atoms with Gasteiger partial charge >= 0.3 is 0 Å². The molecule has 1 spiro atoms. The van der Waals surface area contributed by atoms with E-state index in [1.807, 2.05) is 0 Å². The van der Waals surface area contributed by atoms with E-state index in [-0.39, 0.29) is 11.3 Å². The summed E-state index contributed by atoms with van der Waals surface area (Å²) in [6, 6.07) is 4.32. The van der Waals surface area contributed by atoms with Gasteiger partial charge in [0, 0.05) is 10.0 Å². The first-order valence-electron chi connectivity index (χ1n) is 6.71. The molecule has 4 nitrogen and oxygen atoms in total. The lowest BCUT2D eigenvalue weighted by molar-refractivity contribution is -0.128. The molecule has 3 rings (SSSR count). The summed E-state index contributed by atoms with van der Waals surface area (Å²) >= 11 is 3.25. The van der Waals surface area contributed by atoms with Gasteiger partial charge in [0.05, 0.1) is 11.3 Å². The van der Waals surface area contributed by atoms with Crippen molar-refractivity contribution < 1.29 is 17.6 Å². The topological polar surface area (TPSA) is 63.2 Å². The summed E-state index contributed by atoms with van der Waals surface area (Å²) in [7, 11) is -3.61. The highest BCUT2D eigenvalue weighted by molar-refractivity contribution is 9.10. The summed E-state index contributed by atoms with van der Waals surface area (Å²) < 4.78 is 38.6. The van der Waals surface area contributed by atoms with Gasteiger partial charge in [0.25, 0.3) is 0 Å². The Hall–Kier alpha value is -0.950. The third kappa shape index (κ3) is 2.04. The first kappa shape index (κ1) is 15.0. The largest absolute Gasteiger partial charge is 0.344 e. The van der Waals surface area contributed by atoms with Gasteiger partial charge in [0.15, 0.2) is 14.6 Å². The van der Waals surface area contributed by atoms with Crippen LogP contribution in [0.5, 0.6) is 0 Å². The summed E-state index contributed by atoms with van der Waals surface area (Å²) in [5.41, 5.74) is -1.06. The third-order valence-electron chi connectivity index (χ3n) is 4.56. The van der Waals surface area contributed by atoms with Gasteiger partial charge in [-0.15, -0.1) is 0 Å². The van der Waals surface area contributed by atoms with Crippen molar-refractivity contribution in [3.8, 4) is 0 Å². The van der Waals surface area contributed by atoms with E-state index in [4.69, 9.17) is 0 Å². The van der Waals surface area contributed by atoms with Crippen LogP contribution in [0.25, 0.3) is 0 Å². The Morgan fingerprint density at radius 1 is 1.33 bits per heavy atom. The Morgan fingerprint density at radius 3 is 2.52 bits per heavy atom. The van der Waals surface area contributed by atoms with E-state index in [9.17, 15) is 17.6 Å². The van der Waals surface area contributed by atoms with E-state index in [2.05, 4.69) is 21.2 Å². The van der Waals surface area contributed by atoms with Crippen molar-refractivity contribution in [2.24, 2.45) is 0 Å². The number of rotatable bonds is 1. The molecule has 1 aliphatic carbocycles. The van der Waals surface area contributed by atoms with Crippen LogP contribution in [-0.4, -0.2) is 24.8 Å². The van der Waals surface area contributed by atoms with E-state index < -0.39 is 31.8 Å². The number of hydrogen-bond acceptors (Lipinski definition) is 3. The van der Waals surface area contributed by atoms with Crippen LogP contribution in [0.2, 0.25) is 0 Å². The highest BCUT2D eigenvalue weighted by Crippen LogP contribution is 2.46. The van der Waals surface area contributed by atoms with Crippen molar-refractivity contribution in [2.75, 3.05) is 5.75 Å². The minimum Gasteiger partial charge on any atom is -0.344 e. The fourth-order valence-corrected chi connectivity index (χ4v) is 6.03. The average Bonchev–Trinajstić information content (AvgIpc) is 2.27. The minimum absolute atomic E-state index is 0.183. The first-order valence-corrected chi connectivity index (χ1v) is 9.15. The van der Waals surface area contributed by atoms with Crippen molar-refractivity contribution in [2.45, 2.75) is 36.5 Å².